The highest BCUT2D eigenvalue weighted by Gasteiger charge is 1.97. The normalized spacial score (nSPS) is 10.3. The Kier molecular flexibility index (Phi) is 15.0. The number of hydrogen-bond donors (Lipinski definition) is 0. The van der Waals surface area contributed by atoms with Gasteiger partial charge in [0, 0.05) is 33.4 Å². The maximum atomic E-state index is 4.98. The van der Waals surface area contributed by atoms with Gasteiger partial charge in [-0.2, -0.15) is 0 Å². The van der Waals surface area contributed by atoms with Crippen molar-refractivity contribution in [2.45, 2.75) is 20.3 Å². The summed E-state index contributed by atoms with van der Waals surface area (Å²) in [4.78, 5) is 4.53. The summed E-state index contributed by atoms with van der Waals surface area (Å²) in [6, 6.07) is 0. The van der Waals surface area contributed by atoms with E-state index in [0.717, 1.165) is 32.7 Å². The molecule has 0 rings (SSSR count). The fraction of sp³-hybridized carbons (Fsp3) is 1.00. The van der Waals surface area contributed by atoms with E-state index in [-0.39, 0.29) is 0 Å². The molecule has 0 aromatic rings. The molecule has 88 valence electrons. The summed E-state index contributed by atoms with van der Waals surface area (Å²) in [6.07, 6.45) is 1.13. The number of nitrogens with zero attached hydrogens (tertiary/aromatic N) is 2. The molecule has 0 N–H and O–H groups in total. The SMILES string of the molecule is CC.COCCCN(C)CCN(C)C. The molecular weight excluding hydrogens is 176 g/mol. The van der Waals surface area contributed by atoms with Crippen LogP contribution in [-0.4, -0.2) is 64.3 Å². The molecule has 0 amide bonds. The first kappa shape index (κ1) is 16.3. The van der Waals surface area contributed by atoms with Crippen LogP contribution in [0.5, 0.6) is 0 Å². The lowest BCUT2D eigenvalue weighted by atomic mass is 10.4. The molecule has 0 heterocycles. The first-order valence-electron chi connectivity index (χ1n) is 5.49. The van der Waals surface area contributed by atoms with E-state index in [1.807, 2.05) is 13.8 Å². The Morgan fingerprint density at radius 3 is 1.93 bits per heavy atom. The van der Waals surface area contributed by atoms with Gasteiger partial charge in [0.15, 0.2) is 0 Å². The minimum absolute atomic E-state index is 0.867. The van der Waals surface area contributed by atoms with Crippen LogP contribution < -0.4 is 0 Å². The third-order valence-corrected chi connectivity index (χ3v) is 1.82. The Balaban J connectivity index is 0. The molecular formula is C11H28N2O. The van der Waals surface area contributed by atoms with Gasteiger partial charge in [-0.15, -0.1) is 0 Å². The molecule has 0 saturated carbocycles. The van der Waals surface area contributed by atoms with Gasteiger partial charge >= 0.3 is 0 Å². The number of rotatable bonds is 7. The van der Waals surface area contributed by atoms with Crippen LogP contribution in [0.1, 0.15) is 20.3 Å². The molecule has 0 fully saturated rings. The van der Waals surface area contributed by atoms with E-state index in [2.05, 4.69) is 30.9 Å². The van der Waals surface area contributed by atoms with Crippen LogP contribution in [0.4, 0.5) is 0 Å². The average molecular weight is 204 g/mol. The second-order valence-corrected chi connectivity index (χ2v) is 3.45. The fourth-order valence-electron chi connectivity index (χ4n) is 0.961. The van der Waals surface area contributed by atoms with Crippen molar-refractivity contribution in [2.75, 3.05) is 54.5 Å². The van der Waals surface area contributed by atoms with Crippen LogP contribution in [0.3, 0.4) is 0 Å². The first-order valence-corrected chi connectivity index (χ1v) is 5.49. The Labute approximate surface area is 90.0 Å². The van der Waals surface area contributed by atoms with Crippen molar-refractivity contribution < 1.29 is 4.74 Å². The van der Waals surface area contributed by atoms with Gasteiger partial charge in [0.2, 0.25) is 0 Å². The van der Waals surface area contributed by atoms with Gasteiger partial charge in [-0.1, -0.05) is 13.8 Å². The predicted octanol–water partition coefficient (Wildman–Crippen LogP) is 1.54. The largest absolute Gasteiger partial charge is 0.385 e. The zero-order chi connectivity index (χ0) is 11.4. The van der Waals surface area contributed by atoms with E-state index >= 15 is 0 Å². The molecule has 0 aromatic heterocycles. The molecule has 0 unspecified atom stereocenters. The Hall–Kier alpha value is -0.120. The highest BCUT2D eigenvalue weighted by molar-refractivity contribution is 4.53. The highest BCUT2D eigenvalue weighted by Crippen LogP contribution is 1.88. The Morgan fingerprint density at radius 2 is 1.50 bits per heavy atom. The van der Waals surface area contributed by atoms with Crippen LogP contribution >= 0.6 is 0 Å². The lowest BCUT2D eigenvalue weighted by molar-refractivity contribution is 0.176. The van der Waals surface area contributed by atoms with Gasteiger partial charge in [-0.25, -0.2) is 0 Å². The molecule has 3 heteroatoms. The van der Waals surface area contributed by atoms with Crippen LogP contribution in [0.15, 0.2) is 0 Å². The molecule has 0 aliphatic rings. The quantitative estimate of drug-likeness (QED) is 0.585. The molecule has 0 aliphatic carbocycles. The number of methoxy groups -OCH3 is 1. The van der Waals surface area contributed by atoms with Crippen LogP contribution in [0, 0.1) is 0 Å². The van der Waals surface area contributed by atoms with Crippen molar-refractivity contribution in [1.82, 2.24) is 9.80 Å². The minimum atomic E-state index is 0.867. The predicted molar refractivity (Wildman–Crippen MR) is 63.9 cm³/mol. The fourth-order valence-corrected chi connectivity index (χ4v) is 0.961. The van der Waals surface area contributed by atoms with Crippen LogP contribution in [-0.2, 0) is 4.74 Å². The zero-order valence-corrected chi connectivity index (χ0v) is 10.8. The lowest BCUT2D eigenvalue weighted by Gasteiger charge is -2.18. The van der Waals surface area contributed by atoms with Crippen LogP contribution in [0.2, 0.25) is 0 Å². The Bertz CT molecular complexity index is 97.3. The second-order valence-electron chi connectivity index (χ2n) is 3.45. The van der Waals surface area contributed by atoms with Gasteiger partial charge in [0.25, 0.3) is 0 Å². The second kappa shape index (κ2) is 12.9. The smallest absolute Gasteiger partial charge is 0.0474 e. The summed E-state index contributed by atoms with van der Waals surface area (Å²) in [5.74, 6) is 0. The lowest BCUT2D eigenvalue weighted by Crippen LogP contribution is -2.29. The van der Waals surface area contributed by atoms with Crippen LogP contribution in [0.25, 0.3) is 0 Å². The summed E-state index contributed by atoms with van der Waals surface area (Å²) in [5.41, 5.74) is 0. The molecule has 0 aliphatic heterocycles. The van der Waals surface area contributed by atoms with E-state index in [9.17, 15) is 0 Å². The van der Waals surface area contributed by atoms with E-state index in [1.165, 1.54) is 0 Å². The van der Waals surface area contributed by atoms with E-state index in [4.69, 9.17) is 4.74 Å². The monoisotopic (exact) mass is 204 g/mol. The maximum absolute atomic E-state index is 4.98. The first-order chi connectivity index (χ1) is 6.66. The van der Waals surface area contributed by atoms with Crippen molar-refractivity contribution in [1.29, 1.82) is 0 Å². The van der Waals surface area contributed by atoms with E-state index < -0.39 is 0 Å². The van der Waals surface area contributed by atoms with Crippen molar-refractivity contribution in [3.8, 4) is 0 Å². The molecule has 0 aromatic carbocycles. The van der Waals surface area contributed by atoms with Crippen molar-refractivity contribution in [3.05, 3.63) is 0 Å². The van der Waals surface area contributed by atoms with E-state index in [1.54, 1.807) is 7.11 Å². The average Bonchev–Trinajstić information content (AvgIpc) is 2.18. The highest BCUT2D eigenvalue weighted by atomic mass is 16.5. The number of likely N-dealkylation sites (N-methyl/N-ethyl adjacent to an activating group) is 2. The molecule has 0 spiro atoms. The molecule has 0 saturated heterocycles. The maximum Gasteiger partial charge on any atom is 0.0474 e. The Morgan fingerprint density at radius 1 is 0.929 bits per heavy atom. The molecule has 0 radical (unpaired) electrons. The topological polar surface area (TPSA) is 15.7 Å². The third-order valence-electron chi connectivity index (χ3n) is 1.82. The van der Waals surface area contributed by atoms with Crippen molar-refractivity contribution >= 4 is 0 Å². The third kappa shape index (κ3) is 14.4. The number of ether oxygens (including phenoxy) is 1. The van der Waals surface area contributed by atoms with E-state index in [0.29, 0.717) is 0 Å². The molecule has 3 nitrogen and oxygen atoms in total. The van der Waals surface area contributed by atoms with Crippen molar-refractivity contribution in [3.63, 3.8) is 0 Å². The molecule has 14 heavy (non-hydrogen) atoms. The summed E-state index contributed by atoms with van der Waals surface area (Å²) in [7, 11) is 8.10. The van der Waals surface area contributed by atoms with Gasteiger partial charge < -0.3 is 14.5 Å². The van der Waals surface area contributed by atoms with Gasteiger partial charge in [-0.3, -0.25) is 0 Å². The molecule has 0 bridgehead atoms. The minimum Gasteiger partial charge on any atom is -0.385 e. The summed E-state index contributed by atoms with van der Waals surface area (Å²) in [6.45, 7) is 8.26. The molecule has 0 atom stereocenters. The number of hydrogen-bond acceptors (Lipinski definition) is 3. The van der Waals surface area contributed by atoms with Gasteiger partial charge in [0.05, 0.1) is 0 Å². The van der Waals surface area contributed by atoms with Gasteiger partial charge in [-0.05, 0) is 27.6 Å². The summed E-state index contributed by atoms with van der Waals surface area (Å²) >= 11 is 0. The van der Waals surface area contributed by atoms with Crippen molar-refractivity contribution in [2.24, 2.45) is 0 Å². The summed E-state index contributed by atoms with van der Waals surface area (Å²) < 4.78 is 4.98. The van der Waals surface area contributed by atoms with Gasteiger partial charge in [0.1, 0.15) is 0 Å². The standard InChI is InChI=1S/C9H22N2O.C2H6/c1-10(2)7-8-11(3)6-5-9-12-4;1-2/h5-9H2,1-4H3;1-2H3. The summed E-state index contributed by atoms with van der Waals surface area (Å²) in [5, 5.41) is 0. The zero-order valence-electron chi connectivity index (χ0n) is 10.8.